The number of fused-ring (bicyclic) bond motifs is 1. The Hall–Kier alpha value is -0.870. The van der Waals surface area contributed by atoms with Gasteiger partial charge in [-0.05, 0) is 21.5 Å². The predicted octanol–water partition coefficient (Wildman–Crippen LogP) is 2.61. The van der Waals surface area contributed by atoms with Gasteiger partial charge in [0.15, 0.2) is 0 Å². The first kappa shape index (κ1) is 11.6. The molecule has 0 radical (unpaired) electrons. The molecule has 2 aromatic rings. The fourth-order valence-corrected chi connectivity index (χ4v) is 2.48. The van der Waals surface area contributed by atoms with Crippen molar-refractivity contribution in [3.63, 3.8) is 0 Å². The van der Waals surface area contributed by atoms with Crippen LogP contribution in [0.25, 0.3) is 10.9 Å². The predicted molar refractivity (Wildman–Crippen MR) is 68.5 cm³/mol. The monoisotopic (exact) mass is 282 g/mol. The molecule has 0 fully saturated rings. The average molecular weight is 283 g/mol. The second-order valence-electron chi connectivity index (χ2n) is 4.66. The Morgan fingerprint density at radius 2 is 2.12 bits per heavy atom. The summed E-state index contributed by atoms with van der Waals surface area (Å²) in [5.74, 6) is 0. The van der Waals surface area contributed by atoms with Crippen molar-refractivity contribution < 1.29 is 5.11 Å². The van der Waals surface area contributed by atoms with Crippen molar-refractivity contribution in [3.8, 4) is 0 Å². The number of hydrogen-bond acceptors (Lipinski definition) is 2. The lowest BCUT2D eigenvalue weighted by Crippen LogP contribution is -2.23. The van der Waals surface area contributed by atoms with Gasteiger partial charge in [-0.2, -0.15) is 5.10 Å². The summed E-state index contributed by atoms with van der Waals surface area (Å²) < 4.78 is 2.70. The third-order valence-corrected chi connectivity index (χ3v) is 3.53. The van der Waals surface area contributed by atoms with Gasteiger partial charge in [-0.1, -0.05) is 32.0 Å². The molecule has 4 heteroatoms. The fraction of sp³-hybridized carbons (Fsp3) is 0.417. The van der Waals surface area contributed by atoms with Crippen molar-refractivity contribution in [2.75, 3.05) is 6.61 Å². The lowest BCUT2D eigenvalue weighted by molar-refractivity contribution is 0.219. The van der Waals surface area contributed by atoms with E-state index in [9.17, 15) is 5.11 Å². The first-order chi connectivity index (χ1) is 7.47. The fourth-order valence-electron chi connectivity index (χ4n) is 1.93. The van der Waals surface area contributed by atoms with Crippen LogP contribution in [0.15, 0.2) is 22.8 Å². The van der Waals surface area contributed by atoms with E-state index in [1.807, 2.05) is 43.8 Å². The van der Waals surface area contributed by atoms with Crippen LogP contribution in [0.5, 0.6) is 0 Å². The molecule has 0 bridgehead atoms. The summed E-state index contributed by atoms with van der Waals surface area (Å²) in [4.78, 5) is 0. The smallest absolute Gasteiger partial charge is 0.135 e. The van der Waals surface area contributed by atoms with Crippen molar-refractivity contribution in [3.05, 3.63) is 28.4 Å². The average Bonchev–Trinajstić information content (AvgIpc) is 2.55. The Labute approximate surface area is 103 Å². The molecule has 1 N–H and O–H groups in total. The van der Waals surface area contributed by atoms with E-state index in [4.69, 9.17) is 0 Å². The van der Waals surface area contributed by atoms with Gasteiger partial charge in [0.1, 0.15) is 4.60 Å². The molecule has 0 saturated heterocycles. The van der Waals surface area contributed by atoms with Crippen molar-refractivity contribution in [2.24, 2.45) is 7.05 Å². The highest BCUT2D eigenvalue weighted by atomic mass is 79.9. The van der Waals surface area contributed by atoms with Gasteiger partial charge in [-0.15, -0.1) is 0 Å². The van der Waals surface area contributed by atoms with E-state index >= 15 is 0 Å². The minimum Gasteiger partial charge on any atom is -0.395 e. The Balaban J connectivity index is 2.81. The Kier molecular flexibility index (Phi) is 2.80. The molecular weight excluding hydrogens is 268 g/mol. The number of halogens is 1. The van der Waals surface area contributed by atoms with Crippen LogP contribution in [0.2, 0.25) is 0 Å². The second-order valence-corrected chi connectivity index (χ2v) is 5.41. The number of rotatable bonds is 2. The molecule has 0 amide bonds. The molecule has 0 aliphatic heterocycles. The molecule has 0 saturated carbocycles. The zero-order valence-electron chi connectivity index (χ0n) is 9.66. The van der Waals surface area contributed by atoms with E-state index in [0.29, 0.717) is 0 Å². The Bertz CT molecular complexity index is 531. The number of aryl methyl sites for hydroxylation is 1. The summed E-state index contributed by atoms with van der Waals surface area (Å²) >= 11 is 3.45. The summed E-state index contributed by atoms with van der Waals surface area (Å²) in [6, 6.07) is 6.08. The summed E-state index contributed by atoms with van der Waals surface area (Å²) in [5.41, 5.74) is 1.94. The number of aromatic nitrogens is 2. The highest BCUT2D eigenvalue weighted by molar-refractivity contribution is 9.10. The highest BCUT2D eigenvalue weighted by Gasteiger charge is 2.24. The van der Waals surface area contributed by atoms with Crippen LogP contribution in [0, 0.1) is 0 Å². The zero-order chi connectivity index (χ0) is 11.9. The van der Waals surface area contributed by atoms with E-state index < -0.39 is 0 Å². The first-order valence-corrected chi connectivity index (χ1v) is 5.99. The van der Waals surface area contributed by atoms with Gasteiger partial charge in [-0.25, -0.2) is 0 Å². The molecule has 1 heterocycles. The molecule has 0 unspecified atom stereocenters. The maximum Gasteiger partial charge on any atom is 0.135 e. The van der Waals surface area contributed by atoms with Gasteiger partial charge in [0.25, 0.3) is 0 Å². The zero-order valence-corrected chi connectivity index (χ0v) is 11.2. The molecule has 86 valence electrons. The van der Waals surface area contributed by atoms with Gasteiger partial charge >= 0.3 is 0 Å². The normalized spacial score (nSPS) is 12.3. The van der Waals surface area contributed by atoms with Crippen LogP contribution in [0.3, 0.4) is 0 Å². The van der Waals surface area contributed by atoms with Gasteiger partial charge in [0, 0.05) is 17.8 Å². The first-order valence-electron chi connectivity index (χ1n) is 5.20. The number of benzene rings is 1. The molecular formula is C12H15BrN2O. The molecule has 16 heavy (non-hydrogen) atoms. The number of para-hydroxylation sites is 1. The standard InChI is InChI=1S/C12H15BrN2O/c1-12(2,7-16)9-6-4-5-8-10(9)15(3)14-11(8)13/h4-6,16H,7H2,1-3H3. The molecule has 0 spiro atoms. The van der Waals surface area contributed by atoms with Crippen LogP contribution >= 0.6 is 15.9 Å². The van der Waals surface area contributed by atoms with Gasteiger partial charge < -0.3 is 5.11 Å². The second kappa shape index (κ2) is 3.86. The SMILES string of the molecule is Cn1nc(Br)c2cccc(C(C)(C)CO)c21. The molecule has 1 aromatic carbocycles. The van der Waals surface area contributed by atoms with Crippen LogP contribution in [-0.2, 0) is 12.5 Å². The van der Waals surface area contributed by atoms with E-state index in [0.717, 1.165) is 21.1 Å². The van der Waals surface area contributed by atoms with Crippen molar-refractivity contribution in [2.45, 2.75) is 19.3 Å². The van der Waals surface area contributed by atoms with E-state index in [1.54, 1.807) is 0 Å². The van der Waals surface area contributed by atoms with Crippen LogP contribution in [0.1, 0.15) is 19.4 Å². The highest BCUT2D eigenvalue weighted by Crippen LogP contribution is 2.32. The number of hydrogen-bond donors (Lipinski definition) is 1. The minimum absolute atomic E-state index is 0.120. The van der Waals surface area contributed by atoms with Crippen molar-refractivity contribution in [1.82, 2.24) is 9.78 Å². The van der Waals surface area contributed by atoms with Crippen LogP contribution < -0.4 is 0 Å². The number of aliphatic hydroxyl groups is 1. The molecule has 3 nitrogen and oxygen atoms in total. The van der Waals surface area contributed by atoms with E-state index in [2.05, 4.69) is 21.0 Å². The summed E-state index contributed by atoms with van der Waals surface area (Å²) in [6.07, 6.45) is 0. The third kappa shape index (κ3) is 1.66. The van der Waals surface area contributed by atoms with Gasteiger partial charge in [-0.3, -0.25) is 4.68 Å². The Morgan fingerprint density at radius 3 is 2.75 bits per heavy atom. The van der Waals surface area contributed by atoms with Crippen LogP contribution in [-0.4, -0.2) is 21.5 Å². The number of nitrogens with zero attached hydrogens (tertiary/aromatic N) is 2. The summed E-state index contributed by atoms with van der Waals surface area (Å²) in [6.45, 7) is 4.18. The van der Waals surface area contributed by atoms with Crippen molar-refractivity contribution >= 4 is 26.8 Å². The molecule has 1 aromatic heterocycles. The molecule has 2 rings (SSSR count). The molecule has 0 aliphatic rings. The quantitative estimate of drug-likeness (QED) is 0.920. The lowest BCUT2D eigenvalue weighted by Gasteiger charge is -2.23. The number of aliphatic hydroxyl groups excluding tert-OH is 1. The van der Waals surface area contributed by atoms with Crippen LogP contribution in [0.4, 0.5) is 0 Å². The summed E-state index contributed by atoms with van der Waals surface area (Å²) in [5, 5.41) is 14.9. The molecule has 0 atom stereocenters. The van der Waals surface area contributed by atoms with Gasteiger partial charge in [0.05, 0.1) is 12.1 Å². The van der Waals surface area contributed by atoms with E-state index in [1.165, 1.54) is 0 Å². The maximum atomic E-state index is 9.46. The minimum atomic E-state index is -0.257. The topological polar surface area (TPSA) is 38.0 Å². The largest absolute Gasteiger partial charge is 0.395 e. The lowest BCUT2D eigenvalue weighted by atomic mass is 9.84. The Morgan fingerprint density at radius 1 is 1.44 bits per heavy atom. The van der Waals surface area contributed by atoms with Crippen molar-refractivity contribution in [1.29, 1.82) is 0 Å². The third-order valence-electron chi connectivity index (χ3n) is 2.94. The summed E-state index contributed by atoms with van der Waals surface area (Å²) in [7, 11) is 1.92. The molecule has 0 aliphatic carbocycles. The van der Waals surface area contributed by atoms with Gasteiger partial charge in [0.2, 0.25) is 0 Å². The van der Waals surface area contributed by atoms with E-state index in [-0.39, 0.29) is 12.0 Å². The maximum absolute atomic E-state index is 9.46.